The van der Waals surface area contributed by atoms with E-state index in [4.69, 9.17) is 7.85 Å². The third-order valence-electron chi connectivity index (χ3n) is 3.92. The lowest BCUT2D eigenvalue weighted by Gasteiger charge is -2.24. The van der Waals surface area contributed by atoms with Crippen LogP contribution >= 0.6 is 0 Å². The van der Waals surface area contributed by atoms with Gasteiger partial charge in [-0.1, -0.05) is 12.2 Å². The number of rotatable bonds is 1. The molecule has 58 valence electrons. The van der Waals surface area contributed by atoms with Gasteiger partial charge in [-0.15, -0.1) is 0 Å². The molecule has 1 aliphatic heterocycles. The molecule has 1 N–H and O–H groups in total. The number of hydrogen-bond acceptors (Lipinski definition) is 1. The van der Waals surface area contributed by atoms with E-state index < -0.39 is 0 Å². The van der Waals surface area contributed by atoms with Crippen LogP contribution in [0.1, 0.15) is 19.3 Å². The SMILES string of the molecule is [B]C1CC2CC1CC2[C@@H]1CN1. The second-order valence-corrected chi connectivity index (χ2v) is 4.57. The van der Waals surface area contributed by atoms with Gasteiger partial charge in [-0.3, -0.25) is 0 Å². The highest BCUT2D eigenvalue weighted by molar-refractivity contribution is 6.12. The molecule has 0 amide bonds. The van der Waals surface area contributed by atoms with E-state index in [2.05, 4.69) is 5.32 Å². The van der Waals surface area contributed by atoms with Crippen molar-refractivity contribution in [3.63, 3.8) is 0 Å². The van der Waals surface area contributed by atoms with Crippen molar-refractivity contribution >= 4 is 7.85 Å². The average molecular weight is 147 g/mol. The fourth-order valence-corrected chi connectivity index (χ4v) is 3.23. The minimum Gasteiger partial charge on any atom is -0.311 e. The van der Waals surface area contributed by atoms with Crippen molar-refractivity contribution in [2.75, 3.05) is 6.54 Å². The van der Waals surface area contributed by atoms with Gasteiger partial charge in [0, 0.05) is 12.6 Å². The monoisotopic (exact) mass is 147 g/mol. The molecule has 2 saturated carbocycles. The van der Waals surface area contributed by atoms with E-state index in [1.165, 1.54) is 25.8 Å². The van der Waals surface area contributed by atoms with Crippen LogP contribution in [-0.2, 0) is 0 Å². The van der Waals surface area contributed by atoms with E-state index in [-0.39, 0.29) is 0 Å². The van der Waals surface area contributed by atoms with Crippen LogP contribution in [0.15, 0.2) is 0 Å². The molecule has 5 atom stereocenters. The van der Waals surface area contributed by atoms with Crippen molar-refractivity contribution in [1.82, 2.24) is 5.32 Å². The van der Waals surface area contributed by atoms with Crippen LogP contribution in [0.5, 0.6) is 0 Å². The van der Waals surface area contributed by atoms with Crippen LogP contribution < -0.4 is 5.32 Å². The Balaban J connectivity index is 1.75. The second kappa shape index (κ2) is 2.04. The first-order valence-electron chi connectivity index (χ1n) is 4.83. The molecule has 3 aliphatic rings. The maximum absolute atomic E-state index is 5.98. The Hall–Kier alpha value is 0.0249. The molecule has 0 aromatic carbocycles. The normalized spacial score (nSPS) is 60.2. The summed E-state index contributed by atoms with van der Waals surface area (Å²) in [6.45, 7) is 1.28. The van der Waals surface area contributed by atoms with Crippen molar-refractivity contribution in [3.8, 4) is 0 Å². The van der Waals surface area contributed by atoms with Crippen LogP contribution in [0.2, 0.25) is 5.82 Å². The van der Waals surface area contributed by atoms with Gasteiger partial charge >= 0.3 is 0 Å². The van der Waals surface area contributed by atoms with E-state index in [0.717, 1.165) is 23.8 Å². The highest BCUT2D eigenvalue weighted by Crippen LogP contribution is 2.55. The van der Waals surface area contributed by atoms with E-state index in [1.807, 2.05) is 0 Å². The predicted octanol–water partition coefficient (Wildman–Crippen LogP) is 0.961. The molecule has 1 heterocycles. The summed E-state index contributed by atoms with van der Waals surface area (Å²) in [7, 11) is 5.98. The standard InChI is InChI=1S/C9H14BN/c10-8-3-5-1-6(8)2-7(5)9-4-11-9/h5-9,11H,1-4H2/t5?,6?,7?,8?,9-/m0/s1. The Morgan fingerprint density at radius 2 is 1.91 bits per heavy atom. The van der Waals surface area contributed by atoms with Gasteiger partial charge in [0.05, 0.1) is 7.85 Å². The topological polar surface area (TPSA) is 21.9 Å². The Labute approximate surface area is 69.3 Å². The summed E-state index contributed by atoms with van der Waals surface area (Å²) in [6, 6.07) is 0.887. The zero-order valence-electron chi connectivity index (χ0n) is 6.79. The summed E-state index contributed by atoms with van der Waals surface area (Å²) in [5.41, 5.74) is 0. The third-order valence-corrected chi connectivity index (χ3v) is 3.92. The van der Waals surface area contributed by atoms with Crippen molar-refractivity contribution in [2.24, 2.45) is 17.8 Å². The summed E-state index contributed by atoms with van der Waals surface area (Å²) in [4.78, 5) is 0. The summed E-state index contributed by atoms with van der Waals surface area (Å²) in [6.07, 6.45) is 4.17. The molecule has 1 saturated heterocycles. The summed E-state index contributed by atoms with van der Waals surface area (Å²) < 4.78 is 0. The number of fused-ring (bicyclic) bond motifs is 2. The van der Waals surface area contributed by atoms with Gasteiger partial charge < -0.3 is 5.32 Å². The van der Waals surface area contributed by atoms with Gasteiger partial charge in [0.2, 0.25) is 0 Å². The summed E-state index contributed by atoms with van der Waals surface area (Å²) in [5, 5.41) is 3.44. The molecule has 2 heteroatoms. The molecule has 11 heavy (non-hydrogen) atoms. The highest BCUT2D eigenvalue weighted by Gasteiger charge is 2.48. The lowest BCUT2D eigenvalue weighted by Crippen LogP contribution is -2.20. The second-order valence-electron chi connectivity index (χ2n) is 4.57. The van der Waals surface area contributed by atoms with E-state index in [9.17, 15) is 0 Å². The molecular weight excluding hydrogens is 133 g/mol. The van der Waals surface area contributed by atoms with Crippen LogP contribution in [0.3, 0.4) is 0 Å². The molecule has 3 rings (SSSR count). The molecule has 2 bridgehead atoms. The summed E-state index contributed by atoms with van der Waals surface area (Å²) >= 11 is 0. The molecule has 3 fully saturated rings. The van der Waals surface area contributed by atoms with E-state index >= 15 is 0 Å². The van der Waals surface area contributed by atoms with Gasteiger partial charge in [0.15, 0.2) is 0 Å². The molecule has 4 unspecified atom stereocenters. The quantitative estimate of drug-likeness (QED) is 0.433. The molecule has 0 aromatic heterocycles. The van der Waals surface area contributed by atoms with Gasteiger partial charge in [0.1, 0.15) is 0 Å². The fourth-order valence-electron chi connectivity index (χ4n) is 3.23. The van der Waals surface area contributed by atoms with Crippen molar-refractivity contribution < 1.29 is 0 Å². The smallest absolute Gasteiger partial charge is 0.0703 e. The van der Waals surface area contributed by atoms with Crippen LogP contribution in [0.25, 0.3) is 0 Å². The average Bonchev–Trinajstić information content (AvgIpc) is 2.67. The zero-order valence-corrected chi connectivity index (χ0v) is 6.79. The highest BCUT2D eigenvalue weighted by atomic mass is 15.1. The number of nitrogens with one attached hydrogen (secondary N) is 1. The third kappa shape index (κ3) is 0.884. The maximum atomic E-state index is 5.98. The Bertz CT molecular complexity index is 176. The first-order valence-corrected chi connectivity index (χ1v) is 4.83. The first kappa shape index (κ1) is 6.53. The van der Waals surface area contributed by atoms with E-state index in [0.29, 0.717) is 5.82 Å². The predicted molar refractivity (Wildman–Crippen MR) is 45.6 cm³/mol. The van der Waals surface area contributed by atoms with E-state index in [1.54, 1.807) is 0 Å². The molecule has 0 spiro atoms. The minimum absolute atomic E-state index is 0.551. The van der Waals surface area contributed by atoms with Crippen molar-refractivity contribution in [3.05, 3.63) is 0 Å². The largest absolute Gasteiger partial charge is 0.311 e. The van der Waals surface area contributed by atoms with Crippen molar-refractivity contribution in [2.45, 2.75) is 31.1 Å². The minimum atomic E-state index is 0.551. The van der Waals surface area contributed by atoms with Gasteiger partial charge in [-0.25, -0.2) is 0 Å². The lowest BCUT2D eigenvalue weighted by atomic mass is 9.71. The molecular formula is C9H14BN. The molecule has 0 aromatic rings. The first-order chi connectivity index (χ1) is 5.34. The lowest BCUT2D eigenvalue weighted by molar-refractivity contribution is 0.328. The Kier molecular flexibility index (Phi) is 1.21. The number of hydrogen-bond donors (Lipinski definition) is 1. The molecule has 2 radical (unpaired) electrons. The van der Waals surface area contributed by atoms with Crippen molar-refractivity contribution in [1.29, 1.82) is 0 Å². The van der Waals surface area contributed by atoms with Gasteiger partial charge in [0.25, 0.3) is 0 Å². The summed E-state index contributed by atoms with van der Waals surface area (Å²) in [5.74, 6) is 3.41. The zero-order chi connectivity index (χ0) is 7.42. The Morgan fingerprint density at radius 3 is 2.36 bits per heavy atom. The van der Waals surface area contributed by atoms with Gasteiger partial charge in [-0.05, 0) is 30.6 Å². The maximum Gasteiger partial charge on any atom is 0.0703 e. The van der Waals surface area contributed by atoms with Crippen LogP contribution in [0, 0.1) is 17.8 Å². The molecule has 2 aliphatic carbocycles. The van der Waals surface area contributed by atoms with Crippen LogP contribution in [-0.4, -0.2) is 20.4 Å². The molecule has 1 nitrogen and oxygen atoms in total. The van der Waals surface area contributed by atoms with Gasteiger partial charge in [-0.2, -0.15) is 0 Å². The van der Waals surface area contributed by atoms with Crippen LogP contribution in [0.4, 0.5) is 0 Å². The fraction of sp³-hybridized carbons (Fsp3) is 1.00. The Morgan fingerprint density at radius 1 is 1.09 bits per heavy atom.